The number of ether oxygens (including phenoxy) is 8. The molecule has 2 N–H and O–H groups in total. The molecule has 6 aromatic heterocycles. The van der Waals surface area contributed by atoms with Crippen molar-refractivity contribution in [3.8, 4) is 69.5 Å². The van der Waals surface area contributed by atoms with Gasteiger partial charge in [-0.25, -0.2) is 19.1 Å². The Bertz CT molecular complexity index is 2710. The largest absolute Gasteiger partial charge is 0.488 e. The molecule has 24 heteroatoms. The molecule has 0 saturated carbocycles. The fraction of sp³-hybridized carbons (Fsp3) is 0.286. The zero-order chi connectivity index (χ0) is 45.6. The molecule has 0 aliphatic carbocycles. The number of H-pyrrole nitrogens is 2. The summed E-state index contributed by atoms with van der Waals surface area (Å²) in [6, 6.07) is 7.31. The van der Waals surface area contributed by atoms with Crippen LogP contribution in [-0.2, 0) is 18.9 Å². The predicted octanol–water partition coefficient (Wildman–Crippen LogP) is -0.673. The number of nitrogens with one attached hydrogen (secondary N) is 2. The summed E-state index contributed by atoms with van der Waals surface area (Å²) >= 11 is 0. The standard InChI is InChI=1S/C42H44N14O10/c1-59-13-17-63-33-23-34(64-18-14-60-2)30-21-29(33)49-5-9-53(25-49)37-43-38(46-41(57)45-37)55-11-7-51(27-55)31-22-32(36(66-20-16-62-4)24-35(31)65-19-15-61-3)52-8-12-56(28-52)40-44-39(47-42(58)48-40)54-10-6-50(30)26-54/h5-12,21-28H,13-20H2,1-4H3/q+2/p+2. The number of hydrogen-bond donors (Lipinski definition) is 2. The zero-order valence-corrected chi connectivity index (χ0v) is 36.3. The molecule has 2 aromatic carbocycles. The van der Waals surface area contributed by atoms with Crippen LogP contribution in [0.15, 0.2) is 109 Å². The van der Waals surface area contributed by atoms with Crippen molar-refractivity contribution in [2.75, 3.05) is 81.3 Å². The Balaban J connectivity index is 1.25. The molecule has 1 aliphatic heterocycles. The molecule has 16 bridgehead atoms. The van der Waals surface area contributed by atoms with Crippen LogP contribution in [0.2, 0.25) is 0 Å². The highest BCUT2D eigenvalue weighted by molar-refractivity contribution is 5.58. The third kappa shape index (κ3) is 9.14. The third-order valence-electron chi connectivity index (χ3n) is 10.1. The van der Waals surface area contributed by atoms with Gasteiger partial charge in [0.05, 0.1) is 38.8 Å². The Morgan fingerprint density at radius 1 is 0.455 bits per heavy atom. The van der Waals surface area contributed by atoms with E-state index in [1.54, 1.807) is 143 Å². The molecule has 0 amide bonds. The maximum atomic E-state index is 13.2. The molecular formula is C42H46N14O10+4. The molecule has 1 aliphatic rings. The summed E-state index contributed by atoms with van der Waals surface area (Å²) in [5, 5.41) is 0. The van der Waals surface area contributed by atoms with E-state index in [4.69, 9.17) is 47.9 Å². The van der Waals surface area contributed by atoms with Crippen LogP contribution in [0.4, 0.5) is 0 Å². The fourth-order valence-corrected chi connectivity index (χ4v) is 6.96. The van der Waals surface area contributed by atoms with Crippen molar-refractivity contribution in [2.24, 2.45) is 0 Å². The first kappa shape index (κ1) is 43.2. The number of fused-ring (bicyclic) bond motifs is 24. The molecule has 7 heterocycles. The Morgan fingerprint density at radius 2 is 0.879 bits per heavy atom. The number of aromatic nitrogens is 14. The van der Waals surface area contributed by atoms with Gasteiger partial charge in [-0.2, -0.15) is 32.0 Å². The highest BCUT2D eigenvalue weighted by Crippen LogP contribution is 2.33. The van der Waals surface area contributed by atoms with Gasteiger partial charge in [-0.05, 0) is 9.97 Å². The second-order valence-corrected chi connectivity index (χ2v) is 14.4. The molecule has 0 fully saturated rings. The summed E-state index contributed by atoms with van der Waals surface area (Å²) in [6.45, 7) is 2.26. The number of benzene rings is 2. The van der Waals surface area contributed by atoms with Crippen LogP contribution in [0.25, 0.3) is 46.5 Å². The minimum atomic E-state index is -0.624. The van der Waals surface area contributed by atoms with Gasteiger partial charge in [-0.1, -0.05) is 0 Å². The number of hydrogen-bond acceptors (Lipinski definition) is 14. The van der Waals surface area contributed by atoms with E-state index in [0.717, 1.165) is 0 Å². The highest BCUT2D eigenvalue weighted by Gasteiger charge is 2.28. The summed E-state index contributed by atoms with van der Waals surface area (Å²) in [6.07, 6.45) is 20.9. The molecule has 66 heavy (non-hydrogen) atoms. The Hall–Kier alpha value is -8.06. The second kappa shape index (κ2) is 19.4. The molecule has 24 nitrogen and oxygen atoms in total. The normalized spacial score (nSPS) is 11.6. The lowest BCUT2D eigenvalue weighted by Gasteiger charge is -2.15. The van der Waals surface area contributed by atoms with Crippen molar-refractivity contribution in [3.63, 3.8) is 0 Å². The van der Waals surface area contributed by atoms with Gasteiger partial charge in [0.15, 0.2) is 46.4 Å². The van der Waals surface area contributed by atoms with Gasteiger partial charge in [0, 0.05) is 52.7 Å². The highest BCUT2D eigenvalue weighted by atomic mass is 16.5. The third-order valence-corrected chi connectivity index (χ3v) is 10.1. The first-order valence-corrected chi connectivity index (χ1v) is 20.5. The number of nitrogens with zero attached hydrogens (tertiary/aromatic N) is 12. The number of aromatic amines is 2. The first-order valence-electron chi connectivity index (χ1n) is 20.5. The Kier molecular flexibility index (Phi) is 12.7. The molecule has 0 unspecified atom stereocenters. The average Bonchev–Trinajstić information content (AvgIpc) is 4.17. The van der Waals surface area contributed by atoms with Gasteiger partial charge in [-0.15, -0.1) is 9.97 Å². The summed E-state index contributed by atoms with van der Waals surface area (Å²) in [4.78, 5) is 49.9. The topological polar surface area (TPSA) is 226 Å². The molecule has 0 saturated heterocycles. The van der Waals surface area contributed by atoms with E-state index in [9.17, 15) is 9.59 Å². The minimum Gasteiger partial charge on any atom is -0.488 e. The lowest BCUT2D eigenvalue weighted by atomic mass is 10.2. The second-order valence-electron chi connectivity index (χ2n) is 14.4. The van der Waals surface area contributed by atoms with Crippen LogP contribution in [-0.4, -0.2) is 129 Å². The van der Waals surface area contributed by atoms with E-state index in [1.807, 2.05) is 21.3 Å². The summed E-state index contributed by atoms with van der Waals surface area (Å²) in [7, 11) is 6.36. The van der Waals surface area contributed by atoms with Gasteiger partial charge in [0.1, 0.15) is 69.3 Å². The quantitative estimate of drug-likeness (QED) is 0.0907. The van der Waals surface area contributed by atoms with E-state index < -0.39 is 11.4 Å². The molecular weight excluding hydrogens is 861 g/mol. The minimum absolute atomic E-state index is 0.0943. The monoisotopic (exact) mass is 906 g/mol. The summed E-state index contributed by atoms with van der Waals surface area (Å²) in [5.74, 6) is 2.44. The summed E-state index contributed by atoms with van der Waals surface area (Å²) in [5.41, 5.74) is 1.15. The first-order chi connectivity index (χ1) is 32.3. The molecule has 0 spiro atoms. The summed E-state index contributed by atoms with van der Waals surface area (Å²) < 4.78 is 60.0. The smallest absolute Gasteiger partial charge is 0.407 e. The number of imidazole rings is 4. The van der Waals surface area contributed by atoms with E-state index in [2.05, 4.69) is 19.9 Å². The van der Waals surface area contributed by atoms with E-state index in [-0.39, 0.29) is 50.2 Å². The average molecular weight is 907 g/mol. The van der Waals surface area contributed by atoms with Gasteiger partial charge in [-0.3, -0.25) is 4.98 Å². The van der Waals surface area contributed by atoms with Crippen molar-refractivity contribution < 1.29 is 56.2 Å². The predicted molar refractivity (Wildman–Crippen MR) is 225 cm³/mol. The molecule has 0 atom stereocenters. The lowest BCUT2D eigenvalue weighted by Crippen LogP contribution is -2.35. The van der Waals surface area contributed by atoms with Crippen molar-refractivity contribution in [1.29, 1.82) is 0 Å². The van der Waals surface area contributed by atoms with Crippen LogP contribution < -0.4 is 48.6 Å². The van der Waals surface area contributed by atoms with E-state index >= 15 is 0 Å². The lowest BCUT2D eigenvalue weighted by molar-refractivity contribution is -0.604. The molecule has 340 valence electrons. The maximum Gasteiger partial charge on any atom is 0.407 e. The van der Waals surface area contributed by atoms with Crippen LogP contribution in [0.5, 0.6) is 23.0 Å². The van der Waals surface area contributed by atoms with Crippen LogP contribution in [0.1, 0.15) is 0 Å². The SMILES string of the molecule is COCCOc1cc(OCCOC)c2cc1-n1cc[n+](c1)-c1nc([nH]c(=O)n1)-n1cc[n+](c1)-c1cc(c(OCCOC)cc1OCCOC)-[n+]1ccn(c1)-c1nc(nc(=O)[nH]1)-n1cc[n+]-2c1. The van der Waals surface area contributed by atoms with Gasteiger partial charge in [0.25, 0.3) is 19.0 Å². The van der Waals surface area contributed by atoms with E-state index in [0.29, 0.717) is 72.2 Å². The van der Waals surface area contributed by atoms with Crippen molar-refractivity contribution in [3.05, 3.63) is 120 Å². The van der Waals surface area contributed by atoms with Crippen LogP contribution in [0, 0.1) is 0 Å². The van der Waals surface area contributed by atoms with Gasteiger partial charge >= 0.3 is 35.2 Å². The Morgan fingerprint density at radius 3 is 1.44 bits per heavy atom. The van der Waals surface area contributed by atoms with Crippen molar-refractivity contribution in [2.45, 2.75) is 0 Å². The van der Waals surface area contributed by atoms with Crippen molar-refractivity contribution in [1.82, 2.24) is 48.2 Å². The number of methoxy groups -OCH3 is 4. The van der Waals surface area contributed by atoms with Crippen molar-refractivity contribution >= 4 is 0 Å². The van der Waals surface area contributed by atoms with E-state index in [1.165, 1.54) is 0 Å². The fourth-order valence-electron chi connectivity index (χ4n) is 6.96. The number of rotatable bonds is 16. The maximum absolute atomic E-state index is 13.2. The van der Waals surface area contributed by atoms with Gasteiger partial charge < -0.3 is 37.9 Å². The molecule has 0 radical (unpaired) electrons. The molecule has 8 aromatic rings. The Labute approximate surface area is 374 Å². The zero-order valence-electron chi connectivity index (χ0n) is 36.3. The van der Waals surface area contributed by atoms with Gasteiger partial charge in [0.2, 0.25) is 0 Å². The van der Waals surface area contributed by atoms with Crippen LogP contribution in [0.3, 0.4) is 0 Å². The molecule has 9 rings (SSSR count). The van der Waals surface area contributed by atoms with Crippen LogP contribution >= 0.6 is 0 Å².